The van der Waals surface area contributed by atoms with Gasteiger partial charge in [-0.2, -0.15) is 13.5 Å². The van der Waals surface area contributed by atoms with Crippen molar-refractivity contribution in [1.82, 2.24) is 4.83 Å². The van der Waals surface area contributed by atoms with Crippen LogP contribution < -0.4 is 4.83 Å². The predicted octanol–water partition coefficient (Wildman–Crippen LogP) is 2.76. The Bertz CT molecular complexity index is 685. The number of rotatable bonds is 4. The molecule has 0 aliphatic rings. The van der Waals surface area contributed by atoms with Crippen molar-refractivity contribution in [2.24, 2.45) is 5.10 Å². The van der Waals surface area contributed by atoms with Crippen LogP contribution in [0.25, 0.3) is 0 Å². The molecule has 0 aliphatic heterocycles. The molecule has 0 atom stereocenters. The normalized spacial score (nSPS) is 11.6. The van der Waals surface area contributed by atoms with Gasteiger partial charge in [0.05, 0.1) is 11.1 Å². The second-order valence-electron chi connectivity index (χ2n) is 3.72. The average molecular weight is 339 g/mol. The molecule has 0 aromatic heterocycles. The molecule has 1 N–H and O–H groups in total. The van der Waals surface area contributed by atoms with E-state index < -0.39 is 10.0 Å². The quantitative estimate of drug-likeness (QED) is 0.688. The summed E-state index contributed by atoms with van der Waals surface area (Å²) in [4.78, 5) is 2.35. The molecule has 4 nitrogen and oxygen atoms in total. The molecule has 98 valence electrons. The third-order valence-electron chi connectivity index (χ3n) is 2.29. The van der Waals surface area contributed by atoms with Gasteiger partial charge in [0.15, 0.2) is 0 Å². The number of benzene rings is 2. The molecule has 0 saturated carbocycles. The standard InChI is InChI=1S/C13H11BrN2O2S/c14-12-6-4-5-11(9-12)10-15-16-19(17,18)13-7-2-1-3-8-13/h1-10,16H/b15-10+. The van der Waals surface area contributed by atoms with Crippen LogP contribution >= 0.6 is 15.9 Å². The minimum absolute atomic E-state index is 0.182. The molecule has 0 unspecified atom stereocenters. The SMILES string of the molecule is O=S(=O)(N/N=C/c1cccc(Br)c1)c1ccccc1. The van der Waals surface area contributed by atoms with Crippen LogP contribution in [0.1, 0.15) is 5.56 Å². The molecule has 19 heavy (non-hydrogen) atoms. The Morgan fingerprint density at radius 3 is 2.47 bits per heavy atom. The van der Waals surface area contributed by atoms with Gasteiger partial charge in [0.1, 0.15) is 0 Å². The van der Waals surface area contributed by atoms with Gasteiger partial charge in [-0.15, -0.1) is 0 Å². The van der Waals surface area contributed by atoms with Crippen LogP contribution in [-0.4, -0.2) is 14.6 Å². The van der Waals surface area contributed by atoms with E-state index in [0.29, 0.717) is 0 Å². The summed E-state index contributed by atoms with van der Waals surface area (Å²) in [5, 5.41) is 3.75. The lowest BCUT2D eigenvalue weighted by molar-refractivity contribution is 0.584. The number of sulfonamides is 1. The van der Waals surface area contributed by atoms with E-state index in [1.54, 1.807) is 18.2 Å². The minimum Gasteiger partial charge on any atom is -0.200 e. The van der Waals surface area contributed by atoms with Gasteiger partial charge < -0.3 is 0 Å². The van der Waals surface area contributed by atoms with E-state index in [-0.39, 0.29) is 4.90 Å². The summed E-state index contributed by atoms with van der Waals surface area (Å²) >= 11 is 3.33. The smallest absolute Gasteiger partial charge is 0.200 e. The zero-order valence-electron chi connectivity index (χ0n) is 9.82. The van der Waals surface area contributed by atoms with Crippen LogP contribution in [0.15, 0.2) is 69.1 Å². The predicted molar refractivity (Wildman–Crippen MR) is 78.5 cm³/mol. The van der Waals surface area contributed by atoms with E-state index in [4.69, 9.17) is 0 Å². The van der Waals surface area contributed by atoms with Crippen molar-refractivity contribution in [3.8, 4) is 0 Å². The number of hydrazone groups is 1. The van der Waals surface area contributed by atoms with Gasteiger partial charge in [0.25, 0.3) is 10.0 Å². The van der Waals surface area contributed by atoms with E-state index in [9.17, 15) is 8.42 Å². The highest BCUT2D eigenvalue weighted by Crippen LogP contribution is 2.10. The summed E-state index contributed by atoms with van der Waals surface area (Å²) in [6.07, 6.45) is 1.45. The molecule has 0 bridgehead atoms. The molecule has 0 radical (unpaired) electrons. The Morgan fingerprint density at radius 2 is 1.79 bits per heavy atom. The third kappa shape index (κ3) is 3.90. The number of hydrogen-bond acceptors (Lipinski definition) is 3. The maximum Gasteiger partial charge on any atom is 0.276 e. The molecule has 0 fully saturated rings. The van der Waals surface area contributed by atoms with Crippen molar-refractivity contribution in [3.63, 3.8) is 0 Å². The van der Waals surface area contributed by atoms with Crippen molar-refractivity contribution in [2.45, 2.75) is 4.90 Å². The fourth-order valence-corrected chi connectivity index (χ4v) is 2.64. The first-order valence-corrected chi connectivity index (χ1v) is 7.71. The molecule has 0 aliphatic carbocycles. The van der Waals surface area contributed by atoms with E-state index >= 15 is 0 Å². The van der Waals surface area contributed by atoms with E-state index in [1.807, 2.05) is 24.3 Å². The topological polar surface area (TPSA) is 58.5 Å². The van der Waals surface area contributed by atoms with E-state index in [0.717, 1.165) is 10.0 Å². The fraction of sp³-hybridized carbons (Fsp3) is 0. The maximum absolute atomic E-state index is 11.9. The number of nitrogens with zero attached hydrogens (tertiary/aromatic N) is 1. The highest BCUT2D eigenvalue weighted by Gasteiger charge is 2.10. The number of nitrogens with one attached hydrogen (secondary N) is 1. The van der Waals surface area contributed by atoms with Gasteiger partial charge >= 0.3 is 0 Å². The molecule has 6 heteroatoms. The van der Waals surface area contributed by atoms with Crippen molar-refractivity contribution in [3.05, 3.63) is 64.6 Å². The molecule has 0 amide bonds. The number of hydrogen-bond donors (Lipinski definition) is 1. The van der Waals surface area contributed by atoms with Crippen LogP contribution in [0.3, 0.4) is 0 Å². The Hall–Kier alpha value is -1.66. The summed E-state index contributed by atoms with van der Waals surface area (Å²) in [6, 6.07) is 15.5. The molecule has 2 aromatic carbocycles. The third-order valence-corrected chi connectivity index (χ3v) is 4.02. The maximum atomic E-state index is 11.9. The van der Waals surface area contributed by atoms with Crippen molar-refractivity contribution in [1.29, 1.82) is 0 Å². The largest absolute Gasteiger partial charge is 0.276 e. The zero-order chi connectivity index (χ0) is 13.7. The van der Waals surface area contributed by atoms with Gasteiger partial charge in [0, 0.05) is 4.47 Å². The highest BCUT2D eigenvalue weighted by atomic mass is 79.9. The molecular formula is C13H11BrN2O2S. The van der Waals surface area contributed by atoms with Crippen LogP contribution in [-0.2, 0) is 10.0 Å². The molecule has 2 rings (SSSR count). The van der Waals surface area contributed by atoms with Crippen LogP contribution in [0.5, 0.6) is 0 Å². The second-order valence-corrected chi connectivity index (χ2v) is 6.30. The van der Waals surface area contributed by atoms with Gasteiger partial charge in [-0.1, -0.05) is 46.3 Å². The van der Waals surface area contributed by atoms with E-state index in [1.165, 1.54) is 18.3 Å². The first kappa shape index (κ1) is 13.8. The molecule has 0 heterocycles. The van der Waals surface area contributed by atoms with Gasteiger partial charge in [-0.25, -0.2) is 4.83 Å². The fourth-order valence-electron chi connectivity index (χ4n) is 1.41. The first-order chi connectivity index (χ1) is 9.08. The van der Waals surface area contributed by atoms with Crippen LogP contribution in [0.2, 0.25) is 0 Å². The monoisotopic (exact) mass is 338 g/mol. The van der Waals surface area contributed by atoms with Gasteiger partial charge in [0.2, 0.25) is 0 Å². The van der Waals surface area contributed by atoms with E-state index in [2.05, 4.69) is 25.9 Å². The Balaban J connectivity index is 2.10. The van der Waals surface area contributed by atoms with Crippen molar-refractivity contribution < 1.29 is 8.42 Å². The zero-order valence-corrected chi connectivity index (χ0v) is 12.2. The van der Waals surface area contributed by atoms with Crippen molar-refractivity contribution in [2.75, 3.05) is 0 Å². The summed E-state index contributed by atoms with van der Waals surface area (Å²) in [5.41, 5.74) is 0.796. The summed E-state index contributed by atoms with van der Waals surface area (Å²) in [6.45, 7) is 0. The molecular weight excluding hydrogens is 328 g/mol. The Labute approximate surface area is 120 Å². The highest BCUT2D eigenvalue weighted by molar-refractivity contribution is 9.10. The lowest BCUT2D eigenvalue weighted by Gasteiger charge is -2.02. The Kier molecular flexibility index (Phi) is 4.34. The molecule has 0 spiro atoms. The summed E-state index contributed by atoms with van der Waals surface area (Å²) in [7, 11) is -3.60. The summed E-state index contributed by atoms with van der Waals surface area (Å²) < 4.78 is 24.6. The summed E-state index contributed by atoms with van der Waals surface area (Å²) in [5.74, 6) is 0. The van der Waals surface area contributed by atoms with Crippen LogP contribution in [0.4, 0.5) is 0 Å². The first-order valence-electron chi connectivity index (χ1n) is 5.43. The second kappa shape index (κ2) is 5.99. The van der Waals surface area contributed by atoms with Gasteiger partial charge in [-0.05, 0) is 29.8 Å². The Morgan fingerprint density at radius 1 is 1.05 bits per heavy atom. The minimum atomic E-state index is -3.60. The number of halogens is 1. The lowest BCUT2D eigenvalue weighted by Crippen LogP contribution is -2.18. The average Bonchev–Trinajstić information content (AvgIpc) is 2.40. The molecule has 0 saturated heterocycles. The van der Waals surface area contributed by atoms with Crippen molar-refractivity contribution >= 4 is 32.2 Å². The van der Waals surface area contributed by atoms with Crippen LogP contribution in [0, 0.1) is 0 Å². The van der Waals surface area contributed by atoms with Gasteiger partial charge in [-0.3, -0.25) is 0 Å². The molecule has 2 aromatic rings. The lowest BCUT2D eigenvalue weighted by atomic mass is 10.2.